The maximum Gasteiger partial charge on any atom is 0.475 e. The molecule has 0 radical (unpaired) electrons. The molecule has 1 aliphatic carbocycles. The molecule has 1 aliphatic heterocycles. The van der Waals surface area contributed by atoms with Crippen LogP contribution in [0, 0.1) is 11.8 Å². The molecular formula is C19H28BF3N4O4S. The summed E-state index contributed by atoms with van der Waals surface area (Å²) in [5, 5.41) is 25.5. The summed E-state index contributed by atoms with van der Waals surface area (Å²) in [6, 6.07) is -1.56. The fourth-order valence-electron chi connectivity index (χ4n) is 3.65. The summed E-state index contributed by atoms with van der Waals surface area (Å²) < 4.78 is 38.5. The minimum atomic E-state index is -4.55. The Kier molecular flexibility index (Phi) is 7.71. The van der Waals surface area contributed by atoms with E-state index in [0.29, 0.717) is 31.7 Å². The van der Waals surface area contributed by atoms with Gasteiger partial charge in [-0.2, -0.15) is 13.2 Å². The zero-order chi connectivity index (χ0) is 23.6. The van der Waals surface area contributed by atoms with E-state index in [1.54, 1.807) is 0 Å². The summed E-state index contributed by atoms with van der Waals surface area (Å²) >= 11 is 0.825. The van der Waals surface area contributed by atoms with E-state index in [0.717, 1.165) is 29.6 Å². The molecule has 1 aromatic heterocycles. The minimum absolute atomic E-state index is 0.113. The number of aromatic nitrogens is 1. The number of nitrogens with zero attached hydrogens (tertiary/aromatic N) is 2. The van der Waals surface area contributed by atoms with Gasteiger partial charge in [-0.15, -0.1) is 11.3 Å². The first-order chi connectivity index (χ1) is 15.0. The van der Waals surface area contributed by atoms with Crippen LogP contribution in [0.1, 0.15) is 51.6 Å². The normalized spacial score (nSPS) is 20.5. The molecule has 0 spiro atoms. The number of thiazole rings is 1. The van der Waals surface area contributed by atoms with Gasteiger partial charge in [0.05, 0.1) is 5.94 Å². The van der Waals surface area contributed by atoms with Crippen LogP contribution in [0.4, 0.5) is 18.3 Å². The third kappa shape index (κ3) is 6.35. The van der Waals surface area contributed by atoms with Crippen molar-refractivity contribution in [3.63, 3.8) is 0 Å². The van der Waals surface area contributed by atoms with Crippen molar-refractivity contribution < 1.29 is 32.8 Å². The second-order valence-electron chi connectivity index (χ2n) is 8.91. The number of anilines is 1. The van der Waals surface area contributed by atoms with Crippen LogP contribution in [0.5, 0.6) is 0 Å². The topological polar surface area (TPSA) is 115 Å². The first-order valence-corrected chi connectivity index (χ1v) is 11.6. The molecule has 2 heterocycles. The second kappa shape index (κ2) is 9.96. The van der Waals surface area contributed by atoms with Gasteiger partial charge in [-0.3, -0.25) is 9.59 Å². The number of halogens is 3. The summed E-state index contributed by atoms with van der Waals surface area (Å²) in [5.41, 5.74) is -0.992. The molecule has 3 rings (SSSR count). The van der Waals surface area contributed by atoms with Crippen LogP contribution >= 0.6 is 11.3 Å². The standard InChI is InChI=1S/C19H28BF3N4O4S/c1-10(2)7-15(20(30)31)26-16(28)12(8-11-3-4-11)24-17(29)13-5-6-27(13)18-25-14(9-32-18)19(21,22)23/h9-13,15,30-31H,3-8H2,1-2H3,(H,24,29)(H,26,28)/t12-,13-,15+/m0/s1. The van der Waals surface area contributed by atoms with Gasteiger partial charge in [-0.05, 0) is 31.1 Å². The summed E-state index contributed by atoms with van der Waals surface area (Å²) in [6.45, 7) is 4.17. The van der Waals surface area contributed by atoms with E-state index in [-0.39, 0.29) is 11.0 Å². The van der Waals surface area contributed by atoms with Crippen molar-refractivity contribution in [2.24, 2.45) is 11.8 Å². The van der Waals surface area contributed by atoms with Crippen molar-refractivity contribution >= 4 is 35.4 Å². The third-order valence-corrected chi connectivity index (χ3v) is 6.54. The van der Waals surface area contributed by atoms with Gasteiger partial charge < -0.3 is 25.6 Å². The number of amides is 2. The molecule has 178 valence electrons. The lowest BCUT2D eigenvalue weighted by atomic mass is 9.75. The lowest BCUT2D eigenvalue weighted by molar-refractivity contribution is -0.140. The molecule has 3 atom stereocenters. The Labute approximate surface area is 188 Å². The average Bonchev–Trinajstić information content (AvgIpc) is 3.32. The second-order valence-corrected chi connectivity index (χ2v) is 9.75. The molecule has 2 amide bonds. The number of carbonyl (C=O) groups excluding carboxylic acids is 2. The SMILES string of the molecule is CC(C)C[C@@H](NC(=O)[C@H](CC1CC1)NC(=O)[C@@H]1CCN1c1nc(C(F)(F)F)cs1)B(O)O. The molecule has 0 bridgehead atoms. The van der Waals surface area contributed by atoms with E-state index < -0.39 is 48.8 Å². The molecule has 4 N–H and O–H groups in total. The number of rotatable bonds is 10. The summed E-state index contributed by atoms with van der Waals surface area (Å²) in [7, 11) is -1.73. The van der Waals surface area contributed by atoms with Gasteiger partial charge in [0.15, 0.2) is 10.8 Å². The molecule has 2 fully saturated rings. The first kappa shape index (κ1) is 24.8. The van der Waals surface area contributed by atoms with Gasteiger partial charge in [0, 0.05) is 11.9 Å². The van der Waals surface area contributed by atoms with E-state index in [9.17, 15) is 32.8 Å². The predicted octanol–water partition coefficient (Wildman–Crippen LogP) is 1.57. The Bertz CT molecular complexity index is 819. The highest BCUT2D eigenvalue weighted by Crippen LogP contribution is 2.36. The van der Waals surface area contributed by atoms with Gasteiger partial charge in [0.25, 0.3) is 0 Å². The first-order valence-electron chi connectivity index (χ1n) is 10.7. The molecule has 13 heteroatoms. The van der Waals surface area contributed by atoms with Crippen LogP contribution in [-0.2, 0) is 15.8 Å². The monoisotopic (exact) mass is 476 g/mol. The Morgan fingerprint density at radius 2 is 1.97 bits per heavy atom. The molecule has 0 unspecified atom stereocenters. The van der Waals surface area contributed by atoms with Crippen molar-refractivity contribution in [3.05, 3.63) is 11.1 Å². The van der Waals surface area contributed by atoms with E-state index in [1.807, 2.05) is 13.8 Å². The maximum absolute atomic E-state index is 12.9. The van der Waals surface area contributed by atoms with E-state index >= 15 is 0 Å². The van der Waals surface area contributed by atoms with Gasteiger partial charge in [-0.25, -0.2) is 4.98 Å². The molecule has 2 aliphatic rings. The van der Waals surface area contributed by atoms with Crippen LogP contribution < -0.4 is 15.5 Å². The summed E-state index contributed by atoms with van der Waals surface area (Å²) in [5.74, 6) is -1.40. The lowest BCUT2D eigenvalue weighted by Crippen LogP contribution is -2.61. The minimum Gasteiger partial charge on any atom is -0.426 e. The van der Waals surface area contributed by atoms with Gasteiger partial charge >= 0.3 is 13.3 Å². The van der Waals surface area contributed by atoms with Crippen LogP contribution in [0.25, 0.3) is 0 Å². The number of hydrogen-bond acceptors (Lipinski definition) is 7. The van der Waals surface area contributed by atoms with Crippen LogP contribution in [-0.4, -0.2) is 58.5 Å². The zero-order valence-corrected chi connectivity index (χ0v) is 18.7. The van der Waals surface area contributed by atoms with Crippen molar-refractivity contribution in [1.29, 1.82) is 0 Å². The average molecular weight is 476 g/mol. The largest absolute Gasteiger partial charge is 0.475 e. The van der Waals surface area contributed by atoms with Crippen molar-refractivity contribution in [3.8, 4) is 0 Å². The fourth-order valence-corrected chi connectivity index (χ4v) is 4.56. The molecule has 8 nitrogen and oxygen atoms in total. The van der Waals surface area contributed by atoms with Gasteiger partial charge in [-0.1, -0.05) is 26.7 Å². The highest BCUT2D eigenvalue weighted by atomic mass is 32.1. The Hall–Kier alpha value is -1.86. The molecular weight excluding hydrogens is 448 g/mol. The highest BCUT2D eigenvalue weighted by molar-refractivity contribution is 7.13. The lowest BCUT2D eigenvalue weighted by Gasteiger charge is -2.40. The zero-order valence-electron chi connectivity index (χ0n) is 17.9. The highest BCUT2D eigenvalue weighted by Gasteiger charge is 2.41. The van der Waals surface area contributed by atoms with Crippen LogP contribution in [0.3, 0.4) is 0 Å². The van der Waals surface area contributed by atoms with E-state index in [1.165, 1.54) is 4.90 Å². The van der Waals surface area contributed by atoms with E-state index in [4.69, 9.17) is 0 Å². The molecule has 1 saturated carbocycles. The summed E-state index contributed by atoms with van der Waals surface area (Å²) in [4.78, 5) is 30.8. The molecule has 1 aromatic rings. The fraction of sp³-hybridized carbons (Fsp3) is 0.737. The van der Waals surface area contributed by atoms with Crippen molar-refractivity contribution in [2.75, 3.05) is 11.4 Å². The van der Waals surface area contributed by atoms with Gasteiger partial charge in [0.2, 0.25) is 11.8 Å². The predicted molar refractivity (Wildman–Crippen MR) is 114 cm³/mol. The number of nitrogens with one attached hydrogen (secondary N) is 2. The quantitative estimate of drug-likeness (QED) is 0.382. The Balaban J connectivity index is 1.64. The molecule has 32 heavy (non-hydrogen) atoms. The Morgan fingerprint density at radius 1 is 1.28 bits per heavy atom. The van der Waals surface area contributed by atoms with E-state index in [2.05, 4.69) is 15.6 Å². The number of alkyl halides is 3. The number of hydrogen-bond donors (Lipinski definition) is 4. The van der Waals surface area contributed by atoms with Crippen LogP contribution in [0.15, 0.2) is 5.38 Å². The maximum atomic E-state index is 12.9. The third-order valence-electron chi connectivity index (χ3n) is 5.66. The molecule has 1 saturated heterocycles. The molecule has 0 aromatic carbocycles. The summed E-state index contributed by atoms with van der Waals surface area (Å²) in [6.07, 6.45) is -1.42. The van der Waals surface area contributed by atoms with Gasteiger partial charge in [0.1, 0.15) is 12.1 Å². The number of carbonyl (C=O) groups is 2. The van der Waals surface area contributed by atoms with Crippen LogP contribution in [0.2, 0.25) is 0 Å². The smallest absolute Gasteiger partial charge is 0.426 e. The van der Waals surface area contributed by atoms with Crippen molar-refractivity contribution in [2.45, 2.75) is 70.2 Å². The van der Waals surface area contributed by atoms with Crippen molar-refractivity contribution in [1.82, 2.24) is 15.6 Å². The Morgan fingerprint density at radius 3 is 2.44 bits per heavy atom.